The molecule has 0 aliphatic carbocycles. The second-order valence-corrected chi connectivity index (χ2v) is 6.11. The molecule has 6 nitrogen and oxygen atoms in total. The van der Waals surface area contributed by atoms with Crippen molar-refractivity contribution in [1.29, 1.82) is 0 Å². The summed E-state index contributed by atoms with van der Waals surface area (Å²) in [5, 5.41) is 11.5. The molecular weight excluding hydrogens is 328 g/mol. The predicted octanol–water partition coefficient (Wildman–Crippen LogP) is 1.98. The van der Waals surface area contributed by atoms with Crippen LogP contribution in [0.4, 0.5) is 0 Å². The van der Waals surface area contributed by atoms with Crippen LogP contribution in [0.2, 0.25) is 0 Å². The summed E-state index contributed by atoms with van der Waals surface area (Å²) in [6, 6.07) is 11.3. The normalized spacial score (nSPS) is 11.7. The van der Waals surface area contributed by atoms with Crippen LogP contribution in [0.5, 0.6) is 0 Å². The number of carbonyl (C=O) groups is 2. The highest BCUT2D eigenvalue weighted by Crippen LogP contribution is 2.14. The number of hydrogen-bond donors (Lipinski definition) is 3. The summed E-state index contributed by atoms with van der Waals surface area (Å²) in [6.07, 6.45) is 2.15. The smallest absolute Gasteiger partial charge is 0.326 e. The lowest BCUT2D eigenvalue weighted by molar-refractivity contribution is -0.139. The summed E-state index contributed by atoms with van der Waals surface area (Å²) in [6.45, 7) is 0. The van der Waals surface area contributed by atoms with Gasteiger partial charge in [0.2, 0.25) is 0 Å². The maximum absolute atomic E-state index is 12.2. The summed E-state index contributed by atoms with van der Waals surface area (Å²) in [5.41, 5.74) is 0.757. The average Bonchev–Trinajstić information content (AvgIpc) is 2.58. The third-order valence-electron chi connectivity index (χ3n) is 3.45. The molecule has 0 aliphatic heterocycles. The molecule has 3 N–H and O–H groups in total. The van der Waals surface area contributed by atoms with E-state index >= 15 is 0 Å². The highest BCUT2D eigenvalue weighted by atomic mass is 32.2. The van der Waals surface area contributed by atoms with Gasteiger partial charge < -0.3 is 15.4 Å². The molecule has 1 amide bonds. The first-order valence-electron chi connectivity index (χ1n) is 7.34. The predicted molar refractivity (Wildman–Crippen MR) is 94.4 cm³/mol. The summed E-state index contributed by atoms with van der Waals surface area (Å²) in [7, 11) is 0. The number of aliphatic carboxylic acids is 1. The van der Waals surface area contributed by atoms with Gasteiger partial charge in [-0.25, -0.2) is 4.79 Å². The Bertz CT molecular complexity index is 774. The number of rotatable bonds is 7. The second kappa shape index (κ2) is 8.35. The molecule has 126 valence electrons. The van der Waals surface area contributed by atoms with E-state index in [0.717, 1.165) is 5.56 Å². The van der Waals surface area contributed by atoms with Crippen LogP contribution in [0.1, 0.15) is 16.8 Å². The molecule has 0 aliphatic rings. The van der Waals surface area contributed by atoms with Gasteiger partial charge in [-0.3, -0.25) is 9.59 Å². The minimum atomic E-state index is -1.12. The fourth-order valence-corrected chi connectivity index (χ4v) is 2.64. The molecule has 0 radical (unpaired) electrons. The standard InChI is InChI=1S/C17H18N2O4S/c1-24-10-9-14(17(22)23)19-16(21)12-7-8-13(18-15(12)20)11-5-3-2-4-6-11/h2-8,14H,9-10H2,1H3,(H,18,20)(H,19,21)(H,22,23)/t14-/m1/s1. The fraction of sp³-hybridized carbons (Fsp3) is 0.235. The third kappa shape index (κ3) is 4.48. The largest absolute Gasteiger partial charge is 0.480 e. The number of thioether (sulfide) groups is 1. The van der Waals surface area contributed by atoms with Crippen LogP contribution in [0.15, 0.2) is 47.3 Å². The van der Waals surface area contributed by atoms with Crippen molar-refractivity contribution in [3.63, 3.8) is 0 Å². The van der Waals surface area contributed by atoms with Crippen molar-refractivity contribution in [2.45, 2.75) is 12.5 Å². The number of amides is 1. The number of pyridine rings is 1. The van der Waals surface area contributed by atoms with Gasteiger partial charge in [0.05, 0.1) is 0 Å². The van der Waals surface area contributed by atoms with Crippen molar-refractivity contribution in [2.75, 3.05) is 12.0 Å². The molecule has 0 fully saturated rings. The molecule has 0 saturated heterocycles. The van der Waals surface area contributed by atoms with Gasteiger partial charge in [-0.2, -0.15) is 11.8 Å². The maximum Gasteiger partial charge on any atom is 0.326 e. The number of aromatic amines is 1. The van der Waals surface area contributed by atoms with Gasteiger partial charge in [-0.1, -0.05) is 30.3 Å². The van der Waals surface area contributed by atoms with Crippen LogP contribution in [-0.2, 0) is 4.79 Å². The summed E-state index contributed by atoms with van der Waals surface area (Å²) < 4.78 is 0. The van der Waals surface area contributed by atoms with Crippen molar-refractivity contribution in [3.05, 3.63) is 58.4 Å². The van der Waals surface area contributed by atoms with E-state index in [2.05, 4.69) is 10.3 Å². The highest BCUT2D eigenvalue weighted by Gasteiger charge is 2.21. The number of carboxylic acid groups (broad SMARTS) is 1. The zero-order chi connectivity index (χ0) is 17.5. The lowest BCUT2D eigenvalue weighted by Crippen LogP contribution is -2.42. The monoisotopic (exact) mass is 346 g/mol. The Morgan fingerprint density at radius 1 is 1.21 bits per heavy atom. The Morgan fingerprint density at radius 3 is 2.50 bits per heavy atom. The number of aromatic nitrogens is 1. The molecular formula is C17H18N2O4S. The Morgan fingerprint density at radius 2 is 1.92 bits per heavy atom. The lowest BCUT2D eigenvalue weighted by atomic mass is 10.1. The van der Waals surface area contributed by atoms with Gasteiger partial charge in [0.1, 0.15) is 11.6 Å². The molecule has 1 atom stereocenters. The molecule has 0 saturated carbocycles. The van der Waals surface area contributed by atoms with E-state index in [1.807, 2.05) is 36.6 Å². The first kappa shape index (κ1) is 17.8. The van der Waals surface area contributed by atoms with Crippen LogP contribution in [0.25, 0.3) is 11.3 Å². The van der Waals surface area contributed by atoms with Gasteiger partial charge in [0.15, 0.2) is 0 Å². The van der Waals surface area contributed by atoms with Crippen LogP contribution >= 0.6 is 11.8 Å². The molecule has 2 rings (SSSR count). The summed E-state index contributed by atoms with van der Waals surface area (Å²) >= 11 is 1.49. The summed E-state index contributed by atoms with van der Waals surface area (Å²) in [5.74, 6) is -1.21. The van der Waals surface area contributed by atoms with Crippen molar-refractivity contribution >= 4 is 23.6 Å². The molecule has 1 heterocycles. The van der Waals surface area contributed by atoms with E-state index in [9.17, 15) is 14.4 Å². The SMILES string of the molecule is CSCC[C@@H](NC(=O)c1ccc(-c2ccccc2)[nH]c1=O)C(=O)O. The molecule has 7 heteroatoms. The van der Waals surface area contributed by atoms with Crippen LogP contribution in [0, 0.1) is 0 Å². The average molecular weight is 346 g/mol. The van der Waals surface area contributed by atoms with Gasteiger partial charge in [0.25, 0.3) is 11.5 Å². The molecule has 24 heavy (non-hydrogen) atoms. The molecule has 1 aromatic heterocycles. The number of H-pyrrole nitrogens is 1. The fourth-order valence-electron chi connectivity index (χ4n) is 2.17. The first-order valence-corrected chi connectivity index (χ1v) is 8.73. The molecule has 0 spiro atoms. The van der Waals surface area contributed by atoms with E-state index in [1.54, 1.807) is 6.07 Å². The van der Waals surface area contributed by atoms with Gasteiger partial charge in [0, 0.05) is 5.69 Å². The van der Waals surface area contributed by atoms with E-state index < -0.39 is 23.5 Å². The molecule has 0 bridgehead atoms. The minimum Gasteiger partial charge on any atom is -0.480 e. The topological polar surface area (TPSA) is 99.3 Å². The number of benzene rings is 1. The van der Waals surface area contributed by atoms with Gasteiger partial charge in [-0.05, 0) is 36.1 Å². The van der Waals surface area contributed by atoms with E-state index in [0.29, 0.717) is 17.9 Å². The van der Waals surface area contributed by atoms with E-state index in [4.69, 9.17) is 5.11 Å². The Balaban J connectivity index is 2.18. The van der Waals surface area contributed by atoms with Crippen LogP contribution in [-0.4, -0.2) is 40.0 Å². The second-order valence-electron chi connectivity index (χ2n) is 5.13. The Kier molecular flexibility index (Phi) is 6.20. The molecule has 1 aromatic carbocycles. The Hall–Kier alpha value is -2.54. The van der Waals surface area contributed by atoms with E-state index in [1.165, 1.54) is 17.8 Å². The number of nitrogens with one attached hydrogen (secondary N) is 2. The molecule has 0 unspecified atom stereocenters. The van der Waals surface area contributed by atoms with Crippen molar-refractivity contribution in [1.82, 2.24) is 10.3 Å². The highest BCUT2D eigenvalue weighted by molar-refractivity contribution is 7.98. The lowest BCUT2D eigenvalue weighted by Gasteiger charge is -2.13. The third-order valence-corrected chi connectivity index (χ3v) is 4.10. The number of hydrogen-bond acceptors (Lipinski definition) is 4. The zero-order valence-corrected chi connectivity index (χ0v) is 13.9. The number of carboxylic acids is 1. The van der Waals surface area contributed by atoms with Crippen LogP contribution in [0.3, 0.4) is 0 Å². The maximum atomic E-state index is 12.2. The van der Waals surface area contributed by atoms with Crippen molar-refractivity contribution in [3.8, 4) is 11.3 Å². The minimum absolute atomic E-state index is 0.106. The van der Waals surface area contributed by atoms with Crippen molar-refractivity contribution < 1.29 is 14.7 Å². The zero-order valence-electron chi connectivity index (χ0n) is 13.1. The number of carbonyl (C=O) groups excluding carboxylic acids is 1. The Labute approximate surface area is 143 Å². The van der Waals surface area contributed by atoms with Gasteiger partial charge in [-0.15, -0.1) is 0 Å². The van der Waals surface area contributed by atoms with Crippen LogP contribution < -0.4 is 10.9 Å². The van der Waals surface area contributed by atoms with E-state index in [-0.39, 0.29) is 5.56 Å². The first-order chi connectivity index (χ1) is 11.5. The quantitative estimate of drug-likeness (QED) is 0.712. The van der Waals surface area contributed by atoms with Crippen molar-refractivity contribution in [2.24, 2.45) is 0 Å². The van der Waals surface area contributed by atoms with Gasteiger partial charge >= 0.3 is 5.97 Å². The molecule has 2 aromatic rings. The summed E-state index contributed by atoms with van der Waals surface area (Å²) in [4.78, 5) is 38.2.